The zero-order valence-electron chi connectivity index (χ0n) is 4.93. The van der Waals surface area contributed by atoms with Gasteiger partial charge in [0.15, 0.2) is 0 Å². The first-order valence-electron chi connectivity index (χ1n) is 2.59. The van der Waals surface area contributed by atoms with Crippen molar-refractivity contribution in [3.05, 3.63) is 34.2 Å². The lowest BCUT2D eigenvalue weighted by atomic mass is 10.3. The Morgan fingerprint density at radius 1 is 1.60 bits per heavy atom. The smallest absolute Gasteiger partial charge is 0.329 e. The molecule has 10 heavy (non-hydrogen) atoms. The van der Waals surface area contributed by atoms with E-state index in [0.717, 1.165) is 6.07 Å². The van der Waals surface area contributed by atoms with Crippen molar-refractivity contribution in [2.24, 2.45) is 0 Å². The van der Waals surface area contributed by atoms with Crippen molar-refractivity contribution in [3.63, 3.8) is 0 Å². The Morgan fingerprint density at radius 2 is 2.30 bits per heavy atom. The molecule has 1 rings (SSSR count). The van der Waals surface area contributed by atoms with Gasteiger partial charge in [0.1, 0.15) is 0 Å². The van der Waals surface area contributed by atoms with E-state index in [1.165, 1.54) is 12.3 Å². The lowest BCUT2D eigenvalue weighted by Gasteiger charge is -1.86. The van der Waals surface area contributed by atoms with Crippen LogP contribution in [0.1, 0.15) is 10.4 Å². The van der Waals surface area contributed by atoms with Crippen molar-refractivity contribution in [3.8, 4) is 0 Å². The molecule has 1 aromatic heterocycles. The number of halogens is 1. The molecule has 0 amide bonds. The van der Waals surface area contributed by atoms with Crippen LogP contribution in [0.4, 0.5) is 4.39 Å². The second-order valence-electron chi connectivity index (χ2n) is 1.72. The Bertz CT molecular complexity index is 305. The first-order valence-corrected chi connectivity index (χ1v) is 2.59. The number of carbonyl (C=O) groups excluding carboxylic acids is 1. The zero-order valence-corrected chi connectivity index (χ0v) is 4.93. The second-order valence-corrected chi connectivity index (χ2v) is 1.72. The molecule has 0 atom stereocenters. The molecule has 3 nitrogen and oxygen atoms in total. The molecular weight excluding hydrogens is 137 g/mol. The molecule has 0 bridgehead atoms. The molecule has 0 radical (unpaired) electrons. The highest BCUT2D eigenvalue weighted by Gasteiger charge is 2.01. The maximum absolute atomic E-state index is 11.8. The number of aromatic nitrogens is 1. The van der Waals surface area contributed by atoms with Gasteiger partial charge in [0, 0.05) is 12.3 Å². The average molecular weight is 141 g/mol. The predicted octanol–water partition coefficient (Wildman–Crippen LogP) is 0.485. The lowest BCUT2D eigenvalue weighted by Crippen LogP contribution is -2.05. The van der Waals surface area contributed by atoms with Gasteiger partial charge in [-0.05, 0) is 6.07 Å². The van der Waals surface area contributed by atoms with Crippen molar-refractivity contribution in [1.29, 1.82) is 0 Å². The molecule has 0 saturated carbocycles. The van der Waals surface area contributed by atoms with Crippen LogP contribution in [0.5, 0.6) is 0 Å². The molecule has 0 aliphatic heterocycles. The van der Waals surface area contributed by atoms with E-state index in [0.29, 0.717) is 0 Å². The van der Waals surface area contributed by atoms with Gasteiger partial charge in [-0.15, -0.1) is 0 Å². The van der Waals surface area contributed by atoms with Crippen molar-refractivity contribution in [2.45, 2.75) is 0 Å². The van der Waals surface area contributed by atoms with Crippen LogP contribution >= 0.6 is 0 Å². The van der Waals surface area contributed by atoms with Crippen LogP contribution in [-0.4, -0.2) is 11.0 Å². The number of pyridine rings is 1. The Labute approximate surface area is 55.5 Å². The molecule has 0 unspecified atom stereocenters. The van der Waals surface area contributed by atoms with E-state index in [2.05, 4.69) is 4.98 Å². The fourth-order valence-corrected chi connectivity index (χ4v) is 0.567. The summed E-state index contributed by atoms with van der Waals surface area (Å²) in [5, 5.41) is 0. The number of aromatic amines is 1. The first kappa shape index (κ1) is 6.67. The minimum Gasteiger partial charge on any atom is -0.329 e. The third kappa shape index (κ3) is 1.28. The maximum Gasteiger partial charge on any atom is 0.332 e. The quantitative estimate of drug-likeness (QED) is 0.578. The van der Waals surface area contributed by atoms with Crippen LogP contribution < -0.4 is 5.56 Å². The monoisotopic (exact) mass is 141 g/mol. The maximum atomic E-state index is 11.8. The minimum atomic E-state index is -1.59. The van der Waals surface area contributed by atoms with Crippen molar-refractivity contribution in [1.82, 2.24) is 4.98 Å². The molecule has 0 aromatic carbocycles. The summed E-state index contributed by atoms with van der Waals surface area (Å²) in [5.41, 5.74) is -0.702. The Balaban J connectivity index is 3.20. The van der Waals surface area contributed by atoms with Crippen LogP contribution in [-0.2, 0) is 0 Å². The van der Waals surface area contributed by atoms with Crippen molar-refractivity contribution < 1.29 is 9.18 Å². The van der Waals surface area contributed by atoms with Gasteiger partial charge in [-0.2, -0.15) is 4.39 Å². The van der Waals surface area contributed by atoms with E-state index < -0.39 is 11.6 Å². The SMILES string of the molecule is O=C(F)c1cc[nH]c(=O)c1. The lowest BCUT2D eigenvalue weighted by molar-refractivity contribution is 0.0835. The zero-order chi connectivity index (χ0) is 7.56. The summed E-state index contributed by atoms with van der Waals surface area (Å²) >= 11 is 0. The second kappa shape index (κ2) is 2.43. The summed E-state index contributed by atoms with van der Waals surface area (Å²) < 4.78 is 11.8. The number of nitrogens with one attached hydrogen (secondary N) is 1. The van der Waals surface area contributed by atoms with Gasteiger partial charge in [0.2, 0.25) is 5.56 Å². The highest BCUT2D eigenvalue weighted by atomic mass is 19.1. The summed E-state index contributed by atoms with van der Waals surface area (Å²) in [6.45, 7) is 0. The molecule has 0 spiro atoms. The highest BCUT2D eigenvalue weighted by Crippen LogP contribution is 1.94. The van der Waals surface area contributed by atoms with E-state index >= 15 is 0 Å². The molecule has 0 aliphatic carbocycles. The largest absolute Gasteiger partial charge is 0.332 e. The third-order valence-corrected chi connectivity index (χ3v) is 1.00. The summed E-state index contributed by atoms with van der Waals surface area (Å²) in [7, 11) is 0. The number of rotatable bonds is 1. The fourth-order valence-electron chi connectivity index (χ4n) is 0.567. The molecule has 52 valence electrons. The summed E-state index contributed by atoms with van der Waals surface area (Å²) in [6.07, 6.45) is 1.22. The minimum absolute atomic E-state index is 0.219. The number of hydrogen-bond donors (Lipinski definition) is 1. The summed E-state index contributed by atoms with van der Waals surface area (Å²) in [4.78, 5) is 22.7. The van der Waals surface area contributed by atoms with E-state index in [9.17, 15) is 14.0 Å². The van der Waals surface area contributed by atoms with E-state index in [4.69, 9.17) is 0 Å². The van der Waals surface area contributed by atoms with Crippen LogP contribution in [0, 0.1) is 0 Å². The van der Waals surface area contributed by atoms with Gasteiger partial charge in [0.05, 0.1) is 5.56 Å². The van der Waals surface area contributed by atoms with Gasteiger partial charge < -0.3 is 4.98 Å². The average Bonchev–Trinajstić information content (AvgIpc) is 1.88. The van der Waals surface area contributed by atoms with Crippen LogP contribution in [0.3, 0.4) is 0 Å². The molecule has 1 N–H and O–H groups in total. The van der Waals surface area contributed by atoms with Crippen LogP contribution in [0.2, 0.25) is 0 Å². The van der Waals surface area contributed by atoms with Crippen LogP contribution in [0.15, 0.2) is 23.1 Å². The number of hydrogen-bond acceptors (Lipinski definition) is 2. The Hall–Kier alpha value is -1.45. The van der Waals surface area contributed by atoms with Crippen molar-refractivity contribution >= 4 is 6.04 Å². The topological polar surface area (TPSA) is 49.9 Å². The number of carbonyl (C=O) groups is 1. The standard InChI is InChI=1S/C6H4FNO2/c7-6(10)4-1-2-8-5(9)3-4/h1-3H,(H,8,9). The van der Waals surface area contributed by atoms with Gasteiger partial charge >= 0.3 is 6.04 Å². The van der Waals surface area contributed by atoms with Gasteiger partial charge in [-0.3, -0.25) is 9.59 Å². The molecule has 1 aromatic rings. The van der Waals surface area contributed by atoms with E-state index in [-0.39, 0.29) is 5.56 Å². The van der Waals surface area contributed by atoms with E-state index in [1.54, 1.807) is 0 Å². The Kier molecular flexibility index (Phi) is 1.62. The molecule has 1 heterocycles. The molecule has 4 heteroatoms. The van der Waals surface area contributed by atoms with Gasteiger partial charge in [-0.25, -0.2) is 0 Å². The molecule has 0 fully saturated rings. The first-order chi connectivity index (χ1) is 4.70. The highest BCUT2D eigenvalue weighted by molar-refractivity contribution is 5.87. The predicted molar refractivity (Wildman–Crippen MR) is 32.5 cm³/mol. The van der Waals surface area contributed by atoms with Gasteiger partial charge in [0.25, 0.3) is 0 Å². The molecule has 0 aliphatic rings. The third-order valence-electron chi connectivity index (χ3n) is 1.00. The van der Waals surface area contributed by atoms with E-state index in [1.807, 2.05) is 0 Å². The molecular formula is C6H4FNO2. The van der Waals surface area contributed by atoms with Crippen LogP contribution in [0.25, 0.3) is 0 Å². The Morgan fingerprint density at radius 3 is 2.70 bits per heavy atom. The summed E-state index contributed by atoms with van der Waals surface area (Å²) in [6, 6.07) is 0.512. The van der Waals surface area contributed by atoms with Gasteiger partial charge in [-0.1, -0.05) is 0 Å². The van der Waals surface area contributed by atoms with Crippen molar-refractivity contribution in [2.75, 3.05) is 0 Å². The normalized spacial score (nSPS) is 9.30. The number of H-pyrrole nitrogens is 1. The summed E-state index contributed by atoms with van der Waals surface area (Å²) in [5.74, 6) is 0. The fraction of sp³-hybridized carbons (Fsp3) is 0. The molecule has 0 saturated heterocycles.